The monoisotopic (exact) mass is 255 g/mol. The van der Waals surface area contributed by atoms with Gasteiger partial charge in [0, 0.05) is 24.6 Å². The van der Waals surface area contributed by atoms with E-state index < -0.39 is 0 Å². The lowest BCUT2D eigenvalue weighted by Crippen LogP contribution is -2.17. The zero-order chi connectivity index (χ0) is 13.4. The second-order valence-electron chi connectivity index (χ2n) is 4.53. The number of aliphatic hydroxyl groups is 1. The van der Waals surface area contributed by atoms with Gasteiger partial charge in [0.05, 0.1) is 6.61 Å². The third-order valence-electron chi connectivity index (χ3n) is 2.60. The molecule has 0 saturated carbocycles. The lowest BCUT2D eigenvalue weighted by Gasteiger charge is -2.14. The van der Waals surface area contributed by atoms with Gasteiger partial charge in [-0.1, -0.05) is 13.8 Å². The molecule has 3 nitrogen and oxygen atoms in total. The van der Waals surface area contributed by atoms with Crippen molar-refractivity contribution >= 4 is 0 Å². The Morgan fingerprint density at radius 1 is 1.44 bits per heavy atom. The number of ether oxygens (including phenoxy) is 1. The zero-order valence-corrected chi connectivity index (χ0v) is 11.1. The maximum Gasteiger partial charge on any atom is 0.123 e. The van der Waals surface area contributed by atoms with Crippen LogP contribution in [0.15, 0.2) is 18.2 Å². The van der Waals surface area contributed by atoms with Crippen molar-refractivity contribution in [3.8, 4) is 5.75 Å². The number of halogens is 1. The number of hydrogen-bond acceptors (Lipinski definition) is 3. The molecule has 0 aliphatic rings. The summed E-state index contributed by atoms with van der Waals surface area (Å²) in [6, 6.07) is 4.52. The molecule has 0 radical (unpaired) electrons. The Kier molecular flexibility index (Phi) is 6.68. The standard InChI is InChI=1S/C14H22FNO2/c1-3-6-16-8-12-7-13(15)4-5-14(12)18-10-11(2)9-17/h4-5,7,11,16-17H,3,6,8-10H2,1-2H3. The van der Waals surface area contributed by atoms with Crippen LogP contribution in [0.3, 0.4) is 0 Å². The van der Waals surface area contributed by atoms with E-state index in [0.29, 0.717) is 18.9 Å². The zero-order valence-electron chi connectivity index (χ0n) is 11.1. The van der Waals surface area contributed by atoms with Crippen molar-refractivity contribution in [1.29, 1.82) is 0 Å². The molecule has 1 aromatic rings. The van der Waals surface area contributed by atoms with Gasteiger partial charge in [-0.05, 0) is 31.2 Å². The first-order chi connectivity index (χ1) is 8.67. The average Bonchev–Trinajstić information content (AvgIpc) is 2.37. The van der Waals surface area contributed by atoms with Crippen LogP contribution in [-0.2, 0) is 6.54 Å². The molecule has 0 bridgehead atoms. The van der Waals surface area contributed by atoms with Crippen LogP contribution in [0.1, 0.15) is 25.8 Å². The van der Waals surface area contributed by atoms with Crippen LogP contribution in [0.4, 0.5) is 4.39 Å². The van der Waals surface area contributed by atoms with E-state index in [9.17, 15) is 4.39 Å². The van der Waals surface area contributed by atoms with Crippen LogP contribution < -0.4 is 10.1 Å². The third-order valence-corrected chi connectivity index (χ3v) is 2.60. The van der Waals surface area contributed by atoms with Crippen molar-refractivity contribution in [1.82, 2.24) is 5.32 Å². The summed E-state index contributed by atoms with van der Waals surface area (Å²) < 4.78 is 18.8. The van der Waals surface area contributed by atoms with Gasteiger partial charge in [-0.15, -0.1) is 0 Å². The van der Waals surface area contributed by atoms with Gasteiger partial charge in [0.1, 0.15) is 11.6 Å². The highest BCUT2D eigenvalue weighted by Crippen LogP contribution is 2.20. The smallest absolute Gasteiger partial charge is 0.123 e. The minimum absolute atomic E-state index is 0.0755. The first kappa shape index (κ1) is 14.9. The molecule has 1 rings (SSSR count). The van der Waals surface area contributed by atoms with Crippen LogP contribution in [0.2, 0.25) is 0 Å². The number of aliphatic hydroxyl groups excluding tert-OH is 1. The average molecular weight is 255 g/mol. The van der Waals surface area contributed by atoms with Gasteiger partial charge in [0.2, 0.25) is 0 Å². The second-order valence-corrected chi connectivity index (χ2v) is 4.53. The number of nitrogens with one attached hydrogen (secondary N) is 1. The first-order valence-electron chi connectivity index (χ1n) is 6.40. The van der Waals surface area contributed by atoms with Crippen molar-refractivity contribution < 1.29 is 14.2 Å². The number of hydrogen-bond donors (Lipinski definition) is 2. The minimum Gasteiger partial charge on any atom is -0.493 e. The lowest BCUT2D eigenvalue weighted by atomic mass is 10.2. The summed E-state index contributed by atoms with van der Waals surface area (Å²) in [5.41, 5.74) is 0.814. The van der Waals surface area contributed by atoms with Crippen LogP contribution >= 0.6 is 0 Å². The Morgan fingerprint density at radius 2 is 2.22 bits per heavy atom. The van der Waals surface area contributed by atoms with Gasteiger partial charge >= 0.3 is 0 Å². The van der Waals surface area contributed by atoms with E-state index in [0.717, 1.165) is 18.5 Å². The molecule has 0 aliphatic heterocycles. The minimum atomic E-state index is -0.258. The third kappa shape index (κ3) is 5.02. The molecule has 4 heteroatoms. The predicted molar refractivity (Wildman–Crippen MR) is 70.1 cm³/mol. The maximum atomic E-state index is 13.2. The lowest BCUT2D eigenvalue weighted by molar-refractivity contribution is 0.173. The van der Waals surface area contributed by atoms with Gasteiger partial charge in [-0.2, -0.15) is 0 Å². The molecule has 102 valence electrons. The van der Waals surface area contributed by atoms with Crippen LogP contribution in [0.5, 0.6) is 5.75 Å². The van der Waals surface area contributed by atoms with Crippen LogP contribution in [-0.4, -0.2) is 24.9 Å². The fourth-order valence-corrected chi connectivity index (χ4v) is 1.51. The van der Waals surface area contributed by atoms with Gasteiger partial charge in [-0.25, -0.2) is 4.39 Å². The molecule has 18 heavy (non-hydrogen) atoms. The molecule has 0 amide bonds. The molecule has 1 aromatic carbocycles. The summed E-state index contributed by atoms with van der Waals surface area (Å²) in [6.07, 6.45) is 1.03. The predicted octanol–water partition coefficient (Wildman–Crippen LogP) is 2.33. The summed E-state index contributed by atoms with van der Waals surface area (Å²) in [4.78, 5) is 0. The Balaban J connectivity index is 2.63. The molecular formula is C14H22FNO2. The molecule has 0 fully saturated rings. The van der Waals surface area contributed by atoms with Crippen LogP contribution in [0.25, 0.3) is 0 Å². The van der Waals surface area contributed by atoms with E-state index in [-0.39, 0.29) is 18.3 Å². The van der Waals surface area contributed by atoms with Gasteiger partial charge in [-0.3, -0.25) is 0 Å². The van der Waals surface area contributed by atoms with Crippen molar-refractivity contribution in [3.05, 3.63) is 29.6 Å². The summed E-state index contributed by atoms with van der Waals surface area (Å²) in [6.45, 7) is 5.99. The van der Waals surface area contributed by atoms with Crippen molar-refractivity contribution in [2.45, 2.75) is 26.8 Å². The quantitative estimate of drug-likeness (QED) is 0.701. The highest BCUT2D eigenvalue weighted by molar-refractivity contribution is 5.33. The molecule has 0 saturated heterocycles. The van der Waals surface area contributed by atoms with E-state index in [1.165, 1.54) is 12.1 Å². The Labute approximate surface area is 108 Å². The van der Waals surface area contributed by atoms with E-state index in [1.54, 1.807) is 6.07 Å². The largest absolute Gasteiger partial charge is 0.493 e. The fraction of sp³-hybridized carbons (Fsp3) is 0.571. The fourth-order valence-electron chi connectivity index (χ4n) is 1.51. The summed E-state index contributed by atoms with van der Waals surface area (Å²) in [5.74, 6) is 0.498. The Hall–Kier alpha value is -1.13. The van der Waals surface area contributed by atoms with Crippen LogP contribution in [0, 0.1) is 11.7 Å². The number of rotatable bonds is 8. The topological polar surface area (TPSA) is 41.5 Å². The van der Waals surface area contributed by atoms with E-state index in [2.05, 4.69) is 12.2 Å². The molecule has 0 spiro atoms. The van der Waals surface area contributed by atoms with E-state index >= 15 is 0 Å². The highest BCUT2D eigenvalue weighted by atomic mass is 19.1. The van der Waals surface area contributed by atoms with Crippen molar-refractivity contribution in [2.75, 3.05) is 19.8 Å². The van der Waals surface area contributed by atoms with Crippen molar-refractivity contribution in [3.63, 3.8) is 0 Å². The normalized spacial score (nSPS) is 12.4. The van der Waals surface area contributed by atoms with Gasteiger partial charge < -0.3 is 15.2 Å². The van der Waals surface area contributed by atoms with Gasteiger partial charge in [0.15, 0.2) is 0 Å². The Bertz CT molecular complexity index is 358. The molecule has 0 heterocycles. The van der Waals surface area contributed by atoms with Gasteiger partial charge in [0.25, 0.3) is 0 Å². The molecule has 2 N–H and O–H groups in total. The Morgan fingerprint density at radius 3 is 2.89 bits per heavy atom. The number of benzene rings is 1. The summed E-state index contributed by atoms with van der Waals surface area (Å²) >= 11 is 0. The summed E-state index contributed by atoms with van der Waals surface area (Å²) in [7, 11) is 0. The molecule has 1 atom stereocenters. The summed E-state index contributed by atoms with van der Waals surface area (Å²) in [5, 5.41) is 12.2. The SMILES string of the molecule is CCCNCc1cc(F)ccc1OCC(C)CO. The molecule has 0 aromatic heterocycles. The van der Waals surface area contributed by atoms with E-state index in [4.69, 9.17) is 9.84 Å². The second kappa shape index (κ2) is 8.06. The van der Waals surface area contributed by atoms with Crippen molar-refractivity contribution in [2.24, 2.45) is 5.92 Å². The highest BCUT2D eigenvalue weighted by Gasteiger charge is 2.07. The maximum absolute atomic E-state index is 13.2. The first-order valence-corrected chi connectivity index (χ1v) is 6.40. The molecule has 0 aliphatic carbocycles. The van der Waals surface area contributed by atoms with E-state index in [1.807, 2.05) is 6.92 Å². The molecular weight excluding hydrogens is 233 g/mol. The molecule has 1 unspecified atom stereocenters.